The third-order valence-electron chi connectivity index (χ3n) is 3.03. The number of aromatic nitrogens is 2. The Hall–Kier alpha value is -1.65. The van der Waals surface area contributed by atoms with E-state index in [2.05, 4.69) is 9.97 Å². The van der Waals surface area contributed by atoms with Crippen molar-refractivity contribution in [1.29, 1.82) is 0 Å². The Morgan fingerprint density at radius 2 is 2.11 bits per heavy atom. The van der Waals surface area contributed by atoms with Crippen LogP contribution in [0.5, 0.6) is 0 Å². The number of amides is 1. The first-order chi connectivity index (χ1) is 8.94. The Kier molecular flexibility index (Phi) is 4.02. The molecule has 0 bridgehead atoms. The fourth-order valence-corrected chi connectivity index (χ4v) is 2.19. The number of hydrogen-bond acceptors (Lipinski definition) is 4. The van der Waals surface area contributed by atoms with Gasteiger partial charge in [0.2, 0.25) is 0 Å². The van der Waals surface area contributed by atoms with Gasteiger partial charge in [0, 0.05) is 31.9 Å². The largest absolute Gasteiger partial charge is 0.444 e. The monoisotopic (exact) mass is 263 g/mol. The lowest BCUT2D eigenvalue weighted by molar-refractivity contribution is 0.0288. The van der Waals surface area contributed by atoms with Gasteiger partial charge in [0.15, 0.2) is 0 Å². The van der Waals surface area contributed by atoms with Gasteiger partial charge in [-0.05, 0) is 39.2 Å². The Morgan fingerprint density at radius 3 is 2.74 bits per heavy atom. The fourth-order valence-electron chi connectivity index (χ4n) is 2.19. The maximum Gasteiger partial charge on any atom is 0.410 e. The molecule has 1 aromatic heterocycles. The first-order valence-electron chi connectivity index (χ1n) is 6.68. The van der Waals surface area contributed by atoms with E-state index in [9.17, 15) is 4.79 Å². The third kappa shape index (κ3) is 4.19. The first-order valence-corrected chi connectivity index (χ1v) is 6.68. The van der Waals surface area contributed by atoms with E-state index in [0.29, 0.717) is 5.92 Å². The molecule has 0 radical (unpaired) electrons. The van der Waals surface area contributed by atoms with Gasteiger partial charge in [0.1, 0.15) is 11.4 Å². The molecular weight excluding hydrogens is 242 g/mol. The molecule has 1 atom stereocenters. The van der Waals surface area contributed by atoms with E-state index in [1.807, 2.05) is 26.8 Å². The van der Waals surface area contributed by atoms with Crippen LogP contribution >= 0.6 is 0 Å². The van der Waals surface area contributed by atoms with E-state index in [1.54, 1.807) is 17.3 Å². The maximum atomic E-state index is 11.9. The molecule has 5 nitrogen and oxygen atoms in total. The molecule has 1 aliphatic heterocycles. The topological polar surface area (TPSA) is 55.3 Å². The van der Waals surface area contributed by atoms with Crippen molar-refractivity contribution in [3.05, 3.63) is 24.3 Å². The lowest BCUT2D eigenvalue weighted by Crippen LogP contribution is -2.35. The lowest BCUT2D eigenvalue weighted by atomic mass is 10.0. The van der Waals surface area contributed by atoms with Crippen LogP contribution in [0.1, 0.15) is 33.0 Å². The number of ether oxygens (including phenoxy) is 1. The van der Waals surface area contributed by atoms with Gasteiger partial charge in [-0.1, -0.05) is 0 Å². The number of rotatable bonds is 2. The van der Waals surface area contributed by atoms with Crippen LogP contribution in [-0.2, 0) is 11.2 Å². The summed E-state index contributed by atoms with van der Waals surface area (Å²) in [6.45, 7) is 7.14. The van der Waals surface area contributed by atoms with Crippen LogP contribution in [0.25, 0.3) is 0 Å². The average molecular weight is 263 g/mol. The molecule has 0 saturated carbocycles. The van der Waals surface area contributed by atoms with Crippen LogP contribution in [0.2, 0.25) is 0 Å². The smallest absolute Gasteiger partial charge is 0.410 e. The van der Waals surface area contributed by atoms with Gasteiger partial charge in [-0.15, -0.1) is 0 Å². The van der Waals surface area contributed by atoms with Crippen LogP contribution in [0.4, 0.5) is 4.79 Å². The molecule has 0 aromatic carbocycles. The Balaban J connectivity index is 1.85. The predicted molar refractivity (Wildman–Crippen MR) is 71.7 cm³/mol. The van der Waals surface area contributed by atoms with Crippen molar-refractivity contribution in [3.8, 4) is 0 Å². The minimum Gasteiger partial charge on any atom is -0.444 e. The van der Waals surface area contributed by atoms with E-state index in [1.165, 1.54) is 0 Å². The summed E-state index contributed by atoms with van der Waals surface area (Å²) < 4.78 is 5.38. The van der Waals surface area contributed by atoms with Crippen molar-refractivity contribution in [2.75, 3.05) is 13.1 Å². The van der Waals surface area contributed by atoms with Crippen LogP contribution in [0, 0.1) is 5.92 Å². The van der Waals surface area contributed by atoms with E-state index < -0.39 is 5.60 Å². The predicted octanol–water partition coefficient (Wildman–Crippen LogP) is 2.28. The second kappa shape index (κ2) is 5.55. The van der Waals surface area contributed by atoms with Crippen molar-refractivity contribution in [1.82, 2.24) is 14.9 Å². The molecular formula is C14H21N3O2. The van der Waals surface area contributed by atoms with E-state index >= 15 is 0 Å². The molecule has 0 spiro atoms. The van der Waals surface area contributed by atoms with E-state index in [4.69, 9.17) is 4.74 Å². The molecule has 2 heterocycles. The molecule has 0 aliphatic carbocycles. The summed E-state index contributed by atoms with van der Waals surface area (Å²) in [5, 5.41) is 0. The molecule has 1 aromatic rings. The second-order valence-electron chi connectivity index (χ2n) is 5.95. The minimum atomic E-state index is -0.433. The van der Waals surface area contributed by atoms with Crippen molar-refractivity contribution in [3.63, 3.8) is 0 Å². The first kappa shape index (κ1) is 13.8. The van der Waals surface area contributed by atoms with Gasteiger partial charge in [-0.2, -0.15) is 0 Å². The SMILES string of the molecule is CC(C)(C)OC(=O)N1CC[C@H](Cc2ncccn2)C1. The second-order valence-corrected chi connectivity index (χ2v) is 5.95. The Bertz CT molecular complexity index is 428. The summed E-state index contributed by atoms with van der Waals surface area (Å²) in [6.07, 6.45) is 5.09. The van der Waals surface area contributed by atoms with Crippen LogP contribution < -0.4 is 0 Å². The third-order valence-corrected chi connectivity index (χ3v) is 3.03. The number of hydrogen-bond donors (Lipinski definition) is 0. The van der Waals surface area contributed by atoms with Crippen molar-refractivity contribution in [2.24, 2.45) is 5.92 Å². The molecule has 19 heavy (non-hydrogen) atoms. The summed E-state index contributed by atoms with van der Waals surface area (Å²) in [6, 6.07) is 1.81. The van der Waals surface area contributed by atoms with Crippen molar-refractivity contribution < 1.29 is 9.53 Å². The maximum absolute atomic E-state index is 11.9. The van der Waals surface area contributed by atoms with Crippen LogP contribution in [-0.4, -0.2) is 39.7 Å². The molecule has 1 amide bonds. The molecule has 1 saturated heterocycles. The van der Waals surface area contributed by atoms with Crippen LogP contribution in [0.15, 0.2) is 18.5 Å². The fraction of sp³-hybridized carbons (Fsp3) is 0.643. The lowest BCUT2D eigenvalue weighted by Gasteiger charge is -2.24. The number of nitrogens with zero attached hydrogens (tertiary/aromatic N) is 3. The summed E-state index contributed by atoms with van der Waals surface area (Å²) in [5.74, 6) is 1.27. The summed E-state index contributed by atoms with van der Waals surface area (Å²) in [4.78, 5) is 22.2. The number of carbonyl (C=O) groups is 1. The summed E-state index contributed by atoms with van der Waals surface area (Å²) in [7, 11) is 0. The Morgan fingerprint density at radius 1 is 1.42 bits per heavy atom. The highest BCUT2D eigenvalue weighted by Crippen LogP contribution is 2.21. The van der Waals surface area contributed by atoms with Gasteiger partial charge >= 0.3 is 6.09 Å². The quantitative estimate of drug-likeness (QED) is 0.821. The molecule has 2 rings (SSSR count). The zero-order valence-electron chi connectivity index (χ0n) is 11.8. The standard InChI is InChI=1S/C14H21N3O2/c1-14(2,3)19-13(18)17-8-5-11(10-17)9-12-15-6-4-7-16-12/h4,6-7,11H,5,8-10H2,1-3H3/t11-/m1/s1. The number of carbonyl (C=O) groups excluding carboxylic acids is 1. The zero-order chi connectivity index (χ0) is 13.9. The van der Waals surface area contributed by atoms with E-state index in [0.717, 1.165) is 31.8 Å². The normalized spacial score (nSPS) is 19.5. The molecule has 1 fully saturated rings. The zero-order valence-corrected chi connectivity index (χ0v) is 11.8. The average Bonchev–Trinajstić information content (AvgIpc) is 2.77. The van der Waals surface area contributed by atoms with E-state index in [-0.39, 0.29) is 6.09 Å². The summed E-state index contributed by atoms with van der Waals surface area (Å²) in [5.41, 5.74) is -0.433. The van der Waals surface area contributed by atoms with Gasteiger partial charge < -0.3 is 9.64 Å². The molecule has 0 unspecified atom stereocenters. The molecule has 104 valence electrons. The Labute approximate surface area is 114 Å². The van der Waals surface area contributed by atoms with Gasteiger partial charge in [0.05, 0.1) is 0 Å². The van der Waals surface area contributed by atoms with Gasteiger partial charge in [-0.25, -0.2) is 14.8 Å². The number of likely N-dealkylation sites (tertiary alicyclic amines) is 1. The highest BCUT2D eigenvalue weighted by molar-refractivity contribution is 5.68. The van der Waals surface area contributed by atoms with Crippen molar-refractivity contribution in [2.45, 2.75) is 39.2 Å². The highest BCUT2D eigenvalue weighted by atomic mass is 16.6. The minimum absolute atomic E-state index is 0.219. The molecule has 1 aliphatic rings. The highest BCUT2D eigenvalue weighted by Gasteiger charge is 2.30. The van der Waals surface area contributed by atoms with Gasteiger partial charge in [-0.3, -0.25) is 0 Å². The molecule has 5 heteroatoms. The van der Waals surface area contributed by atoms with Gasteiger partial charge in [0.25, 0.3) is 0 Å². The molecule has 0 N–H and O–H groups in total. The van der Waals surface area contributed by atoms with Crippen LogP contribution in [0.3, 0.4) is 0 Å². The summed E-state index contributed by atoms with van der Waals surface area (Å²) >= 11 is 0. The van der Waals surface area contributed by atoms with Crippen molar-refractivity contribution >= 4 is 6.09 Å².